The molecule has 0 aliphatic rings. The highest BCUT2D eigenvalue weighted by Crippen LogP contribution is 2.07. The molecule has 0 bridgehead atoms. The Labute approximate surface area is 107 Å². The van der Waals surface area contributed by atoms with Crippen molar-refractivity contribution in [3.05, 3.63) is 35.4 Å². The molecule has 1 unspecified atom stereocenters. The molecule has 0 spiro atoms. The van der Waals surface area contributed by atoms with Crippen LogP contribution in [0, 0.1) is 11.8 Å². The van der Waals surface area contributed by atoms with Gasteiger partial charge in [-0.25, -0.2) is 0 Å². The first-order chi connectivity index (χ1) is 8.69. The van der Waals surface area contributed by atoms with Crippen molar-refractivity contribution in [1.82, 2.24) is 5.32 Å². The summed E-state index contributed by atoms with van der Waals surface area (Å²) in [5, 5.41) is 11.5. The molecule has 1 atom stereocenters. The van der Waals surface area contributed by atoms with Gasteiger partial charge in [0.15, 0.2) is 0 Å². The van der Waals surface area contributed by atoms with Gasteiger partial charge in [-0.05, 0) is 19.1 Å². The maximum absolute atomic E-state index is 12.0. The van der Waals surface area contributed by atoms with Crippen molar-refractivity contribution in [2.75, 3.05) is 20.3 Å². The van der Waals surface area contributed by atoms with Crippen LogP contribution in [0.25, 0.3) is 0 Å². The number of hydrogen-bond donors (Lipinski definition) is 2. The van der Waals surface area contributed by atoms with Crippen LogP contribution in [0.3, 0.4) is 0 Å². The minimum Gasteiger partial charge on any atom is -0.384 e. The molecule has 4 heteroatoms. The van der Waals surface area contributed by atoms with Crippen LogP contribution in [0.1, 0.15) is 22.8 Å². The maximum Gasteiger partial charge on any atom is 0.252 e. The Morgan fingerprint density at radius 2 is 2.22 bits per heavy atom. The normalized spacial score (nSPS) is 11.3. The van der Waals surface area contributed by atoms with Crippen molar-refractivity contribution in [2.45, 2.75) is 13.0 Å². The third-order valence-corrected chi connectivity index (χ3v) is 2.27. The molecule has 18 heavy (non-hydrogen) atoms. The number of carbonyl (C=O) groups excluding carboxylic acids is 1. The van der Waals surface area contributed by atoms with E-state index in [-0.39, 0.29) is 18.6 Å². The molecule has 0 aliphatic heterocycles. The molecular weight excluding hydrogens is 230 g/mol. The van der Waals surface area contributed by atoms with Gasteiger partial charge < -0.3 is 15.2 Å². The average molecular weight is 247 g/mol. The number of ether oxygens (including phenoxy) is 1. The lowest BCUT2D eigenvalue weighted by Crippen LogP contribution is -2.35. The monoisotopic (exact) mass is 247 g/mol. The summed E-state index contributed by atoms with van der Waals surface area (Å²) in [5.41, 5.74) is 1.11. The standard InChI is InChI=1S/C14H17NO3/c1-11(10-18-2)15-14(17)13-8-4-3-6-12(13)7-5-9-16/h3-4,6,8,11,16H,9-10H2,1-2H3,(H,15,17). The third kappa shape index (κ3) is 4.21. The van der Waals surface area contributed by atoms with Crippen molar-refractivity contribution >= 4 is 5.91 Å². The molecule has 1 rings (SSSR count). The first kappa shape index (κ1) is 14.2. The fourth-order valence-corrected chi connectivity index (χ4v) is 1.52. The number of rotatable bonds is 4. The topological polar surface area (TPSA) is 58.6 Å². The van der Waals surface area contributed by atoms with Gasteiger partial charge in [0.2, 0.25) is 0 Å². The Balaban J connectivity index is 2.85. The molecule has 0 saturated heterocycles. The van der Waals surface area contributed by atoms with E-state index in [0.29, 0.717) is 17.7 Å². The van der Waals surface area contributed by atoms with Crippen LogP contribution in [-0.4, -0.2) is 37.4 Å². The van der Waals surface area contributed by atoms with E-state index in [9.17, 15) is 4.79 Å². The van der Waals surface area contributed by atoms with Gasteiger partial charge in [0, 0.05) is 18.7 Å². The smallest absolute Gasteiger partial charge is 0.252 e. The van der Waals surface area contributed by atoms with Crippen LogP contribution in [0.5, 0.6) is 0 Å². The first-order valence-corrected chi connectivity index (χ1v) is 5.67. The van der Waals surface area contributed by atoms with Crippen LogP contribution in [0.2, 0.25) is 0 Å². The molecule has 0 aromatic heterocycles. The van der Waals surface area contributed by atoms with Crippen LogP contribution >= 0.6 is 0 Å². The van der Waals surface area contributed by atoms with Gasteiger partial charge in [0.25, 0.3) is 5.91 Å². The molecule has 1 aromatic carbocycles. The van der Waals surface area contributed by atoms with Crippen LogP contribution in [0.4, 0.5) is 0 Å². The lowest BCUT2D eigenvalue weighted by Gasteiger charge is -2.13. The predicted molar refractivity (Wildman–Crippen MR) is 69.2 cm³/mol. The maximum atomic E-state index is 12.0. The van der Waals surface area contributed by atoms with Gasteiger partial charge in [-0.2, -0.15) is 0 Å². The number of nitrogens with one attached hydrogen (secondary N) is 1. The molecule has 4 nitrogen and oxygen atoms in total. The van der Waals surface area contributed by atoms with Gasteiger partial charge in [-0.1, -0.05) is 24.0 Å². The van der Waals surface area contributed by atoms with Crippen LogP contribution in [-0.2, 0) is 4.74 Å². The van der Waals surface area contributed by atoms with Gasteiger partial charge in [0.05, 0.1) is 12.2 Å². The molecule has 0 fully saturated rings. The number of amides is 1. The first-order valence-electron chi connectivity index (χ1n) is 5.67. The van der Waals surface area contributed by atoms with Crippen molar-refractivity contribution < 1.29 is 14.6 Å². The highest BCUT2D eigenvalue weighted by Gasteiger charge is 2.12. The second-order valence-corrected chi connectivity index (χ2v) is 3.84. The number of benzene rings is 1. The molecule has 0 radical (unpaired) electrons. The van der Waals surface area contributed by atoms with E-state index in [0.717, 1.165) is 0 Å². The van der Waals surface area contributed by atoms with Crippen molar-refractivity contribution in [1.29, 1.82) is 0 Å². The zero-order chi connectivity index (χ0) is 13.4. The highest BCUT2D eigenvalue weighted by molar-refractivity contribution is 5.96. The fourth-order valence-electron chi connectivity index (χ4n) is 1.52. The molecule has 2 N–H and O–H groups in total. The minimum absolute atomic E-state index is 0.0682. The average Bonchev–Trinajstić information content (AvgIpc) is 2.36. The Kier molecular flexibility index (Phi) is 5.92. The Bertz CT molecular complexity index is 460. The summed E-state index contributed by atoms with van der Waals surface area (Å²) in [6.45, 7) is 2.09. The van der Waals surface area contributed by atoms with E-state index in [1.165, 1.54) is 0 Å². The molecule has 1 amide bonds. The molecule has 96 valence electrons. The molecular formula is C14H17NO3. The molecule has 0 aliphatic carbocycles. The zero-order valence-electron chi connectivity index (χ0n) is 10.6. The van der Waals surface area contributed by atoms with Crippen molar-refractivity contribution in [3.8, 4) is 11.8 Å². The minimum atomic E-state index is -0.226. The van der Waals surface area contributed by atoms with Crippen LogP contribution in [0.15, 0.2) is 24.3 Å². The van der Waals surface area contributed by atoms with E-state index >= 15 is 0 Å². The predicted octanol–water partition coefficient (Wildman–Crippen LogP) is 0.795. The fraction of sp³-hybridized carbons (Fsp3) is 0.357. The Morgan fingerprint density at radius 3 is 2.89 bits per heavy atom. The number of hydrogen-bond acceptors (Lipinski definition) is 3. The zero-order valence-corrected chi connectivity index (χ0v) is 10.6. The molecule has 0 heterocycles. The summed E-state index contributed by atoms with van der Waals surface area (Å²) in [4.78, 5) is 12.0. The van der Waals surface area contributed by atoms with E-state index in [1.54, 1.807) is 31.4 Å². The van der Waals surface area contributed by atoms with Crippen molar-refractivity contribution in [3.63, 3.8) is 0 Å². The lowest BCUT2D eigenvalue weighted by molar-refractivity contribution is 0.0905. The van der Waals surface area contributed by atoms with Gasteiger partial charge in [0.1, 0.15) is 6.61 Å². The summed E-state index contributed by atoms with van der Waals surface area (Å²) < 4.78 is 4.96. The van der Waals surface area contributed by atoms with Gasteiger partial charge >= 0.3 is 0 Å². The van der Waals surface area contributed by atoms with E-state index in [2.05, 4.69) is 17.2 Å². The largest absolute Gasteiger partial charge is 0.384 e. The number of aliphatic hydroxyl groups excluding tert-OH is 1. The summed E-state index contributed by atoms with van der Waals surface area (Å²) in [5.74, 6) is 5.10. The molecule has 1 aromatic rings. The second kappa shape index (κ2) is 7.49. The van der Waals surface area contributed by atoms with Gasteiger partial charge in [-0.15, -0.1) is 0 Å². The second-order valence-electron chi connectivity index (χ2n) is 3.84. The SMILES string of the molecule is COCC(C)NC(=O)c1ccccc1C#CCO. The van der Waals surface area contributed by atoms with E-state index in [1.807, 2.05) is 6.92 Å². The van der Waals surface area contributed by atoms with Gasteiger partial charge in [-0.3, -0.25) is 4.79 Å². The van der Waals surface area contributed by atoms with Crippen molar-refractivity contribution in [2.24, 2.45) is 0 Å². The number of methoxy groups -OCH3 is 1. The van der Waals surface area contributed by atoms with Crippen LogP contribution < -0.4 is 5.32 Å². The third-order valence-electron chi connectivity index (χ3n) is 2.27. The number of aliphatic hydroxyl groups is 1. The number of carbonyl (C=O) groups is 1. The van der Waals surface area contributed by atoms with E-state index < -0.39 is 0 Å². The van der Waals surface area contributed by atoms with E-state index in [4.69, 9.17) is 9.84 Å². The summed E-state index contributed by atoms with van der Waals surface area (Å²) in [7, 11) is 1.59. The summed E-state index contributed by atoms with van der Waals surface area (Å²) in [6.07, 6.45) is 0. The highest BCUT2D eigenvalue weighted by atomic mass is 16.5. The Morgan fingerprint density at radius 1 is 1.50 bits per heavy atom. The summed E-state index contributed by atoms with van der Waals surface area (Å²) >= 11 is 0. The quantitative estimate of drug-likeness (QED) is 0.774. The lowest BCUT2D eigenvalue weighted by atomic mass is 10.1. The summed E-state index contributed by atoms with van der Waals surface area (Å²) in [6, 6.07) is 6.97. The molecule has 0 saturated carbocycles. The Hall–Kier alpha value is -1.83.